The fourth-order valence-electron chi connectivity index (χ4n) is 2.82. The smallest absolute Gasteiger partial charge is 0.308 e. The van der Waals surface area contributed by atoms with Crippen molar-refractivity contribution in [1.29, 1.82) is 0 Å². The minimum Gasteiger partial charge on any atom is -0.469 e. The van der Waals surface area contributed by atoms with Crippen LogP contribution in [-0.4, -0.2) is 49.8 Å². The van der Waals surface area contributed by atoms with Gasteiger partial charge in [0.1, 0.15) is 0 Å². The van der Waals surface area contributed by atoms with E-state index in [1.165, 1.54) is 17.6 Å². The average Bonchev–Trinajstić information content (AvgIpc) is 2.65. The van der Waals surface area contributed by atoms with E-state index in [0.717, 1.165) is 38.4 Å². The third-order valence-corrected chi connectivity index (χ3v) is 4.98. The molecule has 1 aliphatic rings. The summed E-state index contributed by atoms with van der Waals surface area (Å²) in [5.41, 5.74) is 1.20. The van der Waals surface area contributed by atoms with E-state index in [1.54, 1.807) is 11.8 Å². The van der Waals surface area contributed by atoms with E-state index in [-0.39, 0.29) is 11.9 Å². The van der Waals surface area contributed by atoms with Crippen LogP contribution in [-0.2, 0) is 16.1 Å². The number of methoxy groups -OCH3 is 1. The molecule has 0 aromatic heterocycles. The van der Waals surface area contributed by atoms with Crippen molar-refractivity contribution in [3.8, 4) is 0 Å². The molecule has 0 unspecified atom stereocenters. The number of benzene rings is 1. The molecule has 1 aromatic carbocycles. The molecule has 0 bridgehead atoms. The minimum absolute atomic E-state index is 0.0215. The Morgan fingerprint density at radius 3 is 2.54 bits per heavy atom. The summed E-state index contributed by atoms with van der Waals surface area (Å²) in [4.78, 5) is 19.9. The maximum Gasteiger partial charge on any atom is 0.308 e. The van der Waals surface area contributed by atoms with Crippen molar-refractivity contribution in [3.63, 3.8) is 0 Å². The Balaban J connectivity index is 1.96. The van der Waals surface area contributed by atoms with Gasteiger partial charge < -0.3 is 15.0 Å². The number of esters is 1. The van der Waals surface area contributed by atoms with Gasteiger partial charge >= 0.3 is 5.97 Å². The van der Waals surface area contributed by atoms with Gasteiger partial charge in [0.25, 0.3) is 0 Å². The number of rotatable bonds is 5. The molecule has 0 radical (unpaired) electrons. The summed E-state index contributed by atoms with van der Waals surface area (Å²) >= 11 is 1.74. The second-order valence-electron chi connectivity index (χ2n) is 5.80. The van der Waals surface area contributed by atoms with Gasteiger partial charge in [-0.05, 0) is 43.7 Å². The van der Waals surface area contributed by atoms with Crippen molar-refractivity contribution in [2.75, 3.05) is 33.0 Å². The molecule has 132 valence electrons. The highest BCUT2D eigenvalue weighted by Gasteiger charge is 2.26. The van der Waals surface area contributed by atoms with Crippen LogP contribution in [0.1, 0.15) is 25.3 Å². The number of carbonyl (C=O) groups is 1. The zero-order chi connectivity index (χ0) is 17.4. The van der Waals surface area contributed by atoms with Crippen LogP contribution in [0, 0.1) is 5.92 Å². The van der Waals surface area contributed by atoms with Crippen molar-refractivity contribution in [3.05, 3.63) is 29.8 Å². The standard InChI is InChI=1S/C18H27N3O2S/c1-4-19-18(20-13-14-5-7-16(24-3)8-6-14)21-11-9-15(10-12-21)17(22)23-2/h5-8,15H,4,9-13H2,1-3H3,(H,19,20). The molecule has 1 N–H and O–H groups in total. The monoisotopic (exact) mass is 349 g/mol. The van der Waals surface area contributed by atoms with Crippen molar-refractivity contribution in [2.45, 2.75) is 31.2 Å². The van der Waals surface area contributed by atoms with Crippen molar-refractivity contribution in [1.82, 2.24) is 10.2 Å². The molecule has 0 saturated carbocycles. The summed E-state index contributed by atoms with van der Waals surface area (Å²) in [6.45, 7) is 5.23. The molecule has 2 rings (SSSR count). The summed E-state index contributed by atoms with van der Waals surface area (Å²) in [5.74, 6) is 0.855. The van der Waals surface area contributed by atoms with E-state index in [9.17, 15) is 4.79 Å². The first-order valence-corrected chi connectivity index (χ1v) is 9.64. The van der Waals surface area contributed by atoms with E-state index in [0.29, 0.717) is 6.54 Å². The lowest BCUT2D eigenvalue weighted by molar-refractivity contribution is -0.146. The first-order chi connectivity index (χ1) is 11.7. The molecule has 1 saturated heterocycles. The Bertz CT molecular complexity index is 552. The SMILES string of the molecule is CCNC(=NCc1ccc(SC)cc1)N1CCC(C(=O)OC)CC1. The molecule has 1 aliphatic heterocycles. The lowest BCUT2D eigenvalue weighted by Gasteiger charge is -2.33. The summed E-state index contributed by atoms with van der Waals surface area (Å²) in [7, 11) is 1.46. The van der Waals surface area contributed by atoms with E-state index in [1.807, 2.05) is 0 Å². The summed E-state index contributed by atoms with van der Waals surface area (Å²) < 4.78 is 4.85. The first kappa shape index (κ1) is 18.6. The molecule has 1 heterocycles. The van der Waals surface area contributed by atoms with Gasteiger partial charge in [-0.15, -0.1) is 11.8 Å². The van der Waals surface area contributed by atoms with Crippen LogP contribution in [0.15, 0.2) is 34.2 Å². The van der Waals surface area contributed by atoms with Crippen molar-refractivity contribution < 1.29 is 9.53 Å². The highest BCUT2D eigenvalue weighted by atomic mass is 32.2. The van der Waals surface area contributed by atoms with Gasteiger partial charge in [-0.3, -0.25) is 4.79 Å². The molecule has 0 amide bonds. The Kier molecular flexibility index (Phi) is 7.43. The average molecular weight is 350 g/mol. The fourth-order valence-corrected chi connectivity index (χ4v) is 3.22. The molecule has 24 heavy (non-hydrogen) atoms. The van der Waals surface area contributed by atoms with E-state index in [4.69, 9.17) is 9.73 Å². The van der Waals surface area contributed by atoms with Gasteiger partial charge in [0.2, 0.25) is 0 Å². The predicted molar refractivity (Wildman–Crippen MR) is 99.4 cm³/mol. The number of thioether (sulfide) groups is 1. The third kappa shape index (κ3) is 5.16. The Labute approximate surface area is 148 Å². The number of ether oxygens (including phenoxy) is 1. The highest BCUT2D eigenvalue weighted by molar-refractivity contribution is 7.98. The van der Waals surface area contributed by atoms with Gasteiger partial charge in [-0.2, -0.15) is 0 Å². The molecular weight excluding hydrogens is 322 g/mol. The van der Waals surface area contributed by atoms with Gasteiger partial charge in [0.15, 0.2) is 5.96 Å². The summed E-state index contributed by atoms with van der Waals surface area (Å²) in [5, 5.41) is 3.36. The number of piperidine rings is 1. The number of aliphatic imine (C=N–C) groups is 1. The number of guanidine groups is 1. The zero-order valence-corrected chi connectivity index (χ0v) is 15.6. The number of carbonyl (C=O) groups excluding carboxylic acids is 1. The lowest BCUT2D eigenvalue weighted by atomic mass is 9.97. The second-order valence-corrected chi connectivity index (χ2v) is 6.68. The van der Waals surface area contributed by atoms with Gasteiger partial charge in [-0.25, -0.2) is 4.99 Å². The van der Waals surface area contributed by atoms with E-state index < -0.39 is 0 Å². The largest absolute Gasteiger partial charge is 0.469 e. The van der Waals surface area contributed by atoms with Crippen molar-refractivity contribution >= 4 is 23.7 Å². The maximum absolute atomic E-state index is 11.6. The molecule has 1 fully saturated rings. The van der Waals surface area contributed by atoms with Gasteiger partial charge in [0, 0.05) is 24.5 Å². The maximum atomic E-state index is 11.6. The van der Waals surface area contributed by atoms with Crippen LogP contribution in [0.2, 0.25) is 0 Å². The minimum atomic E-state index is -0.0922. The van der Waals surface area contributed by atoms with Gasteiger partial charge in [-0.1, -0.05) is 12.1 Å². The summed E-state index contributed by atoms with van der Waals surface area (Å²) in [6.07, 6.45) is 3.72. The first-order valence-electron chi connectivity index (χ1n) is 8.42. The quantitative estimate of drug-likeness (QED) is 0.383. The molecule has 1 aromatic rings. The predicted octanol–water partition coefficient (Wildman–Crippen LogP) is 2.76. The van der Waals surface area contributed by atoms with Crippen LogP contribution in [0.5, 0.6) is 0 Å². The van der Waals surface area contributed by atoms with Crippen LogP contribution < -0.4 is 5.32 Å². The second kappa shape index (κ2) is 9.57. The molecule has 6 heteroatoms. The van der Waals surface area contributed by atoms with Crippen LogP contribution >= 0.6 is 11.8 Å². The van der Waals surface area contributed by atoms with E-state index in [2.05, 4.69) is 47.7 Å². The van der Waals surface area contributed by atoms with Crippen LogP contribution in [0.25, 0.3) is 0 Å². The molecule has 0 atom stereocenters. The van der Waals surface area contributed by atoms with Crippen LogP contribution in [0.3, 0.4) is 0 Å². The lowest BCUT2D eigenvalue weighted by Crippen LogP contribution is -2.46. The number of hydrogen-bond acceptors (Lipinski definition) is 4. The number of nitrogens with zero attached hydrogens (tertiary/aromatic N) is 2. The number of nitrogens with one attached hydrogen (secondary N) is 1. The summed E-state index contributed by atoms with van der Waals surface area (Å²) in [6, 6.07) is 8.51. The third-order valence-electron chi connectivity index (χ3n) is 4.23. The Morgan fingerprint density at radius 1 is 1.33 bits per heavy atom. The topological polar surface area (TPSA) is 53.9 Å². The number of likely N-dealkylation sites (tertiary alicyclic amines) is 1. The zero-order valence-electron chi connectivity index (χ0n) is 14.7. The fraction of sp³-hybridized carbons (Fsp3) is 0.556. The Hall–Kier alpha value is -1.69. The van der Waals surface area contributed by atoms with Crippen LogP contribution in [0.4, 0.5) is 0 Å². The number of hydrogen-bond donors (Lipinski definition) is 1. The van der Waals surface area contributed by atoms with Crippen molar-refractivity contribution in [2.24, 2.45) is 10.9 Å². The Morgan fingerprint density at radius 2 is 2.00 bits per heavy atom. The molecule has 0 aliphatic carbocycles. The molecular formula is C18H27N3O2S. The molecule has 5 nitrogen and oxygen atoms in total. The molecule has 0 spiro atoms. The van der Waals surface area contributed by atoms with Gasteiger partial charge in [0.05, 0.1) is 19.6 Å². The normalized spacial score (nSPS) is 16.1. The highest BCUT2D eigenvalue weighted by Crippen LogP contribution is 2.19. The van der Waals surface area contributed by atoms with E-state index >= 15 is 0 Å².